The molecule has 1 aliphatic carbocycles. The number of thiazole rings is 1. The Morgan fingerprint density at radius 3 is 2.71 bits per heavy atom. The van der Waals surface area contributed by atoms with E-state index in [4.69, 9.17) is 4.98 Å². The van der Waals surface area contributed by atoms with Gasteiger partial charge in [-0.25, -0.2) is 4.98 Å². The molecule has 3 nitrogen and oxygen atoms in total. The summed E-state index contributed by atoms with van der Waals surface area (Å²) in [5.74, 6) is 1.37. The van der Waals surface area contributed by atoms with Crippen molar-refractivity contribution in [1.29, 1.82) is 0 Å². The number of hydrogen-bond donors (Lipinski definition) is 1. The largest absolute Gasteiger partial charge is 0.345 e. The fourth-order valence-corrected chi connectivity index (χ4v) is 4.51. The number of nitrogens with one attached hydrogen (secondary N) is 1. The van der Waals surface area contributed by atoms with Gasteiger partial charge < -0.3 is 10.2 Å². The van der Waals surface area contributed by atoms with Crippen LogP contribution in [0.4, 0.5) is 5.13 Å². The molecule has 0 spiro atoms. The van der Waals surface area contributed by atoms with Gasteiger partial charge in [-0.1, -0.05) is 20.8 Å². The van der Waals surface area contributed by atoms with Crippen LogP contribution in [0, 0.1) is 5.92 Å². The second kappa shape index (κ2) is 6.25. The molecule has 2 aliphatic rings. The minimum atomic E-state index is 0.571. The SMILES string of the molecule is CCC(C)c1nc(N2CC(C)CC2C)sc1CNC1CC1. The second-order valence-corrected chi connectivity index (χ2v) is 8.17. The molecule has 1 saturated carbocycles. The highest BCUT2D eigenvalue weighted by Gasteiger charge is 2.30. The molecule has 1 aromatic heterocycles. The van der Waals surface area contributed by atoms with E-state index in [2.05, 4.69) is 37.9 Å². The molecular formula is C17H29N3S. The molecule has 118 valence electrons. The predicted molar refractivity (Wildman–Crippen MR) is 91.3 cm³/mol. The number of aromatic nitrogens is 1. The maximum absolute atomic E-state index is 5.05. The maximum Gasteiger partial charge on any atom is 0.186 e. The maximum atomic E-state index is 5.05. The predicted octanol–water partition coefficient (Wildman–Crippen LogP) is 4.14. The van der Waals surface area contributed by atoms with E-state index < -0.39 is 0 Å². The van der Waals surface area contributed by atoms with E-state index in [1.165, 1.54) is 47.9 Å². The first kappa shape index (κ1) is 15.3. The molecule has 1 saturated heterocycles. The zero-order valence-electron chi connectivity index (χ0n) is 13.9. The van der Waals surface area contributed by atoms with Crippen molar-refractivity contribution in [3.63, 3.8) is 0 Å². The molecule has 1 aliphatic heterocycles. The van der Waals surface area contributed by atoms with Gasteiger partial charge in [0.25, 0.3) is 0 Å². The van der Waals surface area contributed by atoms with Crippen molar-refractivity contribution in [2.75, 3.05) is 11.4 Å². The third-order valence-electron chi connectivity index (χ3n) is 4.95. The summed E-state index contributed by atoms with van der Waals surface area (Å²) in [6, 6.07) is 1.41. The molecule has 3 rings (SSSR count). The lowest BCUT2D eigenvalue weighted by Gasteiger charge is -2.20. The third-order valence-corrected chi connectivity index (χ3v) is 6.06. The average Bonchev–Trinajstić information content (AvgIpc) is 3.10. The van der Waals surface area contributed by atoms with E-state index in [1.807, 2.05) is 11.3 Å². The molecule has 0 radical (unpaired) electrons. The minimum absolute atomic E-state index is 0.571. The molecule has 4 heteroatoms. The van der Waals surface area contributed by atoms with Crippen molar-refractivity contribution in [1.82, 2.24) is 10.3 Å². The molecular weight excluding hydrogens is 278 g/mol. The summed E-state index contributed by atoms with van der Waals surface area (Å²) in [5.41, 5.74) is 1.34. The van der Waals surface area contributed by atoms with Gasteiger partial charge in [0.05, 0.1) is 5.69 Å². The molecule has 3 atom stereocenters. The Labute approximate surface area is 133 Å². The van der Waals surface area contributed by atoms with E-state index in [9.17, 15) is 0 Å². The summed E-state index contributed by atoms with van der Waals surface area (Å²) in [6.07, 6.45) is 5.18. The van der Waals surface area contributed by atoms with Gasteiger partial charge in [0, 0.05) is 30.1 Å². The van der Waals surface area contributed by atoms with Crippen molar-refractivity contribution in [2.24, 2.45) is 5.92 Å². The Balaban J connectivity index is 1.80. The van der Waals surface area contributed by atoms with E-state index in [0.717, 1.165) is 18.5 Å². The van der Waals surface area contributed by atoms with Gasteiger partial charge in [-0.3, -0.25) is 0 Å². The first-order valence-electron chi connectivity index (χ1n) is 8.58. The normalized spacial score (nSPS) is 27.3. The van der Waals surface area contributed by atoms with Crippen LogP contribution >= 0.6 is 11.3 Å². The smallest absolute Gasteiger partial charge is 0.186 e. The van der Waals surface area contributed by atoms with Gasteiger partial charge >= 0.3 is 0 Å². The lowest BCUT2D eigenvalue weighted by atomic mass is 10.0. The van der Waals surface area contributed by atoms with Crippen LogP contribution in [0.1, 0.15) is 69.9 Å². The Hall–Kier alpha value is -0.610. The van der Waals surface area contributed by atoms with E-state index in [1.54, 1.807) is 0 Å². The highest BCUT2D eigenvalue weighted by molar-refractivity contribution is 7.15. The molecule has 3 unspecified atom stereocenters. The van der Waals surface area contributed by atoms with Gasteiger partial charge in [-0.05, 0) is 44.4 Å². The minimum Gasteiger partial charge on any atom is -0.345 e. The quantitative estimate of drug-likeness (QED) is 0.856. The summed E-state index contributed by atoms with van der Waals surface area (Å²) in [4.78, 5) is 9.05. The van der Waals surface area contributed by atoms with Crippen molar-refractivity contribution in [3.05, 3.63) is 10.6 Å². The first-order valence-corrected chi connectivity index (χ1v) is 9.39. The molecule has 2 fully saturated rings. The molecule has 1 aromatic rings. The highest BCUT2D eigenvalue weighted by Crippen LogP contribution is 2.37. The standard InChI is InChI=1S/C17H29N3S/c1-5-12(3)16-15(9-18-14-6-7-14)21-17(19-16)20-10-11(2)8-13(20)4/h11-14,18H,5-10H2,1-4H3. The van der Waals surface area contributed by atoms with E-state index in [-0.39, 0.29) is 0 Å². The molecule has 21 heavy (non-hydrogen) atoms. The Morgan fingerprint density at radius 2 is 2.14 bits per heavy atom. The van der Waals surface area contributed by atoms with Crippen LogP contribution in [0.15, 0.2) is 0 Å². The lowest BCUT2D eigenvalue weighted by Crippen LogP contribution is -2.26. The van der Waals surface area contributed by atoms with Gasteiger partial charge in [-0.15, -0.1) is 11.3 Å². The van der Waals surface area contributed by atoms with Crippen LogP contribution in [-0.4, -0.2) is 23.6 Å². The summed E-state index contributed by atoms with van der Waals surface area (Å²) in [7, 11) is 0. The monoisotopic (exact) mass is 307 g/mol. The van der Waals surface area contributed by atoms with Crippen LogP contribution in [-0.2, 0) is 6.54 Å². The first-order chi connectivity index (χ1) is 10.1. The summed E-state index contributed by atoms with van der Waals surface area (Å²) in [6.45, 7) is 11.5. The van der Waals surface area contributed by atoms with Crippen LogP contribution < -0.4 is 10.2 Å². The summed E-state index contributed by atoms with van der Waals surface area (Å²) in [5, 5.41) is 4.93. The van der Waals surface area contributed by atoms with Crippen molar-refractivity contribution >= 4 is 16.5 Å². The van der Waals surface area contributed by atoms with E-state index >= 15 is 0 Å². The number of anilines is 1. The number of hydrogen-bond acceptors (Lipinski definition) is 4. The number of rotatable bonds is 6. The Kier molecular flexibility index (Phi) is 4.55. The van der Waals surface area contributed by atoms with Gasteiger partial charge in [0.2, 0.25) is 0 Å². The number of nitrogens with zero attached hydrogens (tertiary/aromatic N) is 2. The third kappa shape index (κ3) is 3.42. The highest BCUT2D eigenvalue weighted by atomic mass is 32.1. The Morgan fingerprint density at radius 1 is 1.38 bits per heavy atom. The lowest BCUT2D eigenvalue weighted by molar-refractivity contribution is 0.625. The topological polar surface area (TPSA) is 28.2 Å². The molecule has 2 heterocycles. The van der Waals surface area contributed by atoms with Gasteiger partial charge in [0.1, 0.15) is 0 Å². The zero-order valence-corrected chi connectivity index (χ0v) is 14.7. The van der Waals surface area contributed by atoms with Crippen molar-refractivity contribution in [2.45, 2.75) is 77.9 Å². The van der Waals surface area contributed by atoms with Crippen LogP contribution in [0.5, 0.6) is 0 Å². The summed E-state index contributed by atoms with van der Waals surface area (Å²) >= 11 is 1.93. The fourth-order valence-electron chi connectivity index (χ4n) is 3.27. The fraction of sp³-hybridized carbons (Fsp3) is 0.824. The average molecular weight is 308 g/mol. The van der Waals surface area contributed by atoms with Crippen LogP contribution in [0.3, 0.4) is 0 Å². The van der Waals surface area contributed by atoms with E-state index in [0.29, 0.717) is 12.0 Å². The van der Waals surface area contributed by atoms with Crippen LogP contribution in [0.25, 0.3) is 0 Å². The van der Waals surface area contributed by atoms with Crippen molar-refractivity contribution in [3.8, 4) is 0 Å². The molecule has 0 amide bonds. The molecule has 0 bridgehead atoms. The van der Waals surface area contributed by atoms with Crippen LogP contribution in [0.2, 0.25) is 0 Å². The summed E-state index contributed by atoms with van der Waals surface area (Å²) < 4.78 is 0. The van der Waals surface area contributed by atoms with Crippen molar-refractivity contribution < 1.29 is 0 Å². The second-order valence-electron chi connectivity index (χ2n) is 7.11. The molecule has 1 N–H and O–H groups in total. The molecule has 0 aromatic carbocycles. The van der Waals surface area contributed by atoms with Gasteiger partial charge in [-0.2, -0.15) is 0 Å². The zero-order chi connectivity index (χ0) is 15.0. The van der Waals surface area contributed by atoms with Gasteiger partial charge in [0.15, 0.2) is 5.13 Å². The Bertz CT molecular complexity index is 480.